The van der Waals surface area contributed by atoms with Crippen molar-refractivity contribution in [1.29, 1.82) is 0 Å². The predicted molar refractivity (Wildman–Crippen MR) is 82.6 cm³/mol. The average molecular weight is 295 g/mol. The van der Waals surface area contributed by atoms with Gasteiger partial charge in [-0.3, -0.25) is 9.59 Å². The minimum atomic E-state index is -0.656. The van der Waals surface area contributed by atoms with Gasteiger partial charge in [-0.1, -0.05) is 26.7 Å². The summed E-state index contributed by atoms with van der Waals surface area (Å²) >= 11 is 0. The van der Waals surface area contributed by atoms with Crippen LogP contribution in [0.3, 0.4) is 0 Å². The molecule has 21 heavy (non-hydrogen) atoms. The summed E-state index contributed by atoms with van der Waals surface area (Å²) in [7, 11) is 0. The number of nitrogens with two attached hydrogens (primary N) is 1. The molecule has 0 aromatic rings. The van der Waals surface area contributed by atoms with E-state index in [-0.39, 0.29) is 17.9 Å². The number of rotatable bonds is 3. The first kappa shape index (κ1) is 16.3. The van der Waals surface area contributed by atoms with E-state index < -0.39 is 5.54 Å². The molecule has 1 heterocycles. The second-order valence-corrected chi connectivity index (χ2v) is 6.85. The monoisotopic (exact) mass is 295 g/mol. The molecule has 2 unspecified atom stereocenters. The van der Waals surface area contributed by atoms with Crippen LogP contribution in [0.15, 0.2) is 0 Å². The zero-order valence-corrected chi connectivity index (χ0v) is 13.4. The van der Waals surface area contributed by atoms with E-state index >= 15 is 0 Å². The Morgan fingerprint density at radius 1 is 1.29 bits per heavy atom. The zero-order valence-electron chi connectivity index (χ0n) is 13.4. The number of nitrogens with zero attached hydrogens (tertiary/aromatic N) is 1. The molecule has 5 nitrogen and oxygen atoms in total. The lowest BCUT2D eigenvalue weighted by Crippen LogP contribution is -2.59. The van der Waals surface area contributed by atoms with E-state index in [1.807, 2.05) is 11.8 Å². The minimum absolute atomic E-state index is 0.0937. The van der Waals surface area contributed by atoms with Gasteiger partial charge in [0.2, 0.25) is 11.8 Å². The molecule has 2 aliphatic rings. The third-order valence-electron chi connectivity index (χ3n) is 4.93. The molecular weight excluding hydrogens is 266 g/mol. The number of carbonyl (C=O) groups excluding carboxylic acids is 2. The van der Waals surface area contributed by atoms with Crippen molar-refractivity contribution in [2.45, 2.75) is 70.4 Å². The predicted octanol–water partition coefficient (Wildman–Crippen LogP) is 1.41. The fraction of sp³-hybridized carbons (Fsp3) is 0.875. The van der Waals surface area contributed by atoms with E-state index in [4.69, 9.17) is 5.73 Å². The Bertz CT molecular complexity index is 391. The highest BCUT2D eigenvalue weighted by Gasteiger charge is 2.41. The molecule has 0 aromatic heterocycles. The highest BCUT2D eigenvalue weighted by molar-refractivity contribution is 5.86. The molecular formula is C16H29N3O2. The van der Waals surface area contributed by atoms with Gasteiger partial charge in [-0.05, 0) is 31.6 Å². The molecule has 1 aliphatic heterocycles. The minimum Gasteiger partial charge on any atom is -0.353 e. The van der Waals surface area contributed by atoms with Crippen LogP contribution in [0, 0.1) is 5.92 Å². The summed E-state index contributed by atoms with van der Waals surface area (Å²) in [4.78, 5) is 26.0. The summed E-state index contributed by atoms with van der Waals surface area (Å²) in [6.45, 7) is 5.46. The first-order valence-corrected chi connectivity index (χ1v) is 8.32. The summed E-state index contributed by atoms with van der Waals surface area (Å²) in [5.41, 5.74) is 5.74. The van der Waals surface area contributed by atoms with Gasteiger partial charge in [0.05, 0.1) is 5.54 Å². The first-order chi connectivity index (χ1) is 9.94. The summed E-state index contributed by atoms with van der Waals surface area (Å²) in [6.07, 6.45) is 6.03. The van der Waals surface area contributed by atoms with Crippen LogP contribution in [0.5, 0.6) is 0 Å². The highest BCUT2D eigenvalue weighted by atomic mass is 16.2. The SMILES string of the molecule is CCC(=O)NC1CCN(C(=O)C2(N)CCCC(C)C2)CC1. The van der Waals surface area contributed by atoms with Gasteiger partial charge >= 0.3 is 0 Å². The maximum absolute atomic E-state index is 12.7. The maximum atomic E-state index is 12.7. The number of nitrogens with one attached hydrogen (secondary N) is 1. The van der Waals surface area contributed by atoms with Crippen LogP contribution in [0.25, 0.3) is 0 Å². The van der Waals surface area contributed by atoms with Gasteiger partial charge in [0, 0.05) is 25.6 Å². The lowest BCUT2D eigenvalue weighted by molar-refractivity contribution is -0.140. The van der Waals surface area contributed by atoms with E-state index in [2.05, 4.69) is 12.2 Å². The highest BCUT2D eigenvalue weighted by Crippen LogP contribution is 2.32. The van der Waals surface area contributed by atoms with Gasteiger partial charge in [-0.15, -0.1) is 0 Å². The Morgan fingerprint density at radius 2 is 1.95 bits per heavy atom. The molecule has 120 valence electrons. The van der Waals surface area contributed by atoms with Crippen molar-refractivity contribution in [3.8, 4) is 0 Å². The van der Waals surface area contributed by atoms with Gasteiger partial charge in [-0.2, -0.15) is 0 Å². The molecule has 2 atom stereocenters. The van der Waals surface area contributed by atoms with E-state index in [9.17, 15) is 9.59 Å². The van der Waals surface area contributed by atoms with Crippen molar-refractivity contribution in [3.05, 3.63) is 0 Å². The number of likely N-dealkylation sites (tertiary alicyclic amines) is 1. The molecule has 2 amide bonds. The van der Waals surface area contributed by atoms with Crippen molar-refractivity contribution in [2.24, 2.45) is 11.7 Å². The standard InChI is InChI=1S/C16H29N3O2/c1-3-14(20)18-13-6-9-19(10-7-13)15(21)16(17)8-4-5-12(2)11-16/h12-13H,3-11,17H2,1-2H3,(H,18,20). The lowest BCUT2D eigenvalue weighted by Gasteiger charge is -2.41. The summed E-state index contributed by atoms with van der Waals surface area (Å²) in [6, 6.07) is 0.209. The second kappa shape index (κ2) is 6.77. The first-order valence-electron chi connectivity index (χ1n) is 8.32. The van der Waals surface area contributed by atoms with Gasteiger partial charge < -0.3 is 16.0 Å². The van der Waals surface area contributed by atoms with Crippen LogP contribution >= 0.6 is 0 Å². The Labute approximate surface area is 127 Å². The van der Waals surface area contributed by atoms with Gasteiger partial charge in [0.15, 0.2) is 0 Å². The van der Waals surface area contributed by atoms with Crippen LogP contribution < -0.4 is 11.1 Å². The maximum Gasteiger partial charge on any atom is 0.242 e. The van der Waals surface area contributed by atoms with Crippen LogP contribution in [0.2, 0.25) is 0 Å². The Kier molecular flexibility index (Phi) is 5.25. The topological polar surface area (TPSA) is 75.4 Å². The van der Waals surface area contributed by atoms with Crippen LogP contribution in [0.4, 0.5) is 0 Å². The van der Waals surface area contributed by atoms with E-state index in [0.29, 0.717) is 25.4 Å². The summed E-state index contributed by atoms with van der Waals surface area (Å²) < 4.78 is 0. The molecule has 0 spiro atoms. The number of hydrogen-bond donors (Lipinski definition) is 2. The van der Waals surface area contributed by atoms with Crippen molar-refractivity contribution >= 4 is 11.8 Å². The Balaban J connectivity index is 1.86. The molecule has 3 N–H and O–H groups in total. The molecule has 5 heteroatoms. The molecule has 1 aliphatic carbocycles. The largest absolute Gasteiger partial charge is 0.353 e. The molecule has 1 saturated heterocycles. The average Bonchev–Trinajstić information content (AvgIpc) is 2.47. The van der Waals surface area contributed by atoms with Gasteiger partial charge in [-0.25, -0.2) is 0 Å². The second-order valence-electron chi connectivity index (χ2n) is 6.85. The Morgan fingerprint density at radius 3 is 2.52 bits per heavy atom. The molecule has 2 fully saturated rings. The van der Waals surface area contributed by atoms with E-state index in [1.54, 1.807) is 0 Å². The van der Waals surface area contributed by atoms with Crippen molar-refractivity contribution in [3.63, 3.8) is 0 Å². The van der Waals surface area contributed by atoms with E-state index in [1.165, 1.54) is 6.42 Å². The third kappa shape index (κ3) is 3.96. The fourth-order valence-corrected chi connectivity index (χ4v) is 3.66. The summed E-state index contributed by atoms with van der Waals surface area (Å²) in [5, 5.41) is 3.02. The van der Waals surface area contributed by atoms with Crippen molar-refractivity contribution in [2.75, 3.05) is 13.1 Å². The fourth-order valence-electron chi connectivity index (χ4n) is 3.66. The van der Waals surface area contributed by atoms with Crippen LogP contribution in [0.1, 0.15) is 58.8 Å². The third-order valence-corrected chi connectivity index (χ3v) is 4.93. The van der Waals surface area contributed by atoms with Crippen LogP contribution in [-0.4, -0.2) is 41.4 Å². The molecule has 2 rings (SSSR count). The lowest BCUT2D eigenvalue weighted by atomic mass is 9.76. The molecule has 0 radical (unpaired) electrons. The summed E-state index contributed by atoms with van der Waals surface area (Å²) in [5.74, 6) is 0.750. The molecule has 1 saturated carbocycles. The number of hydrogen-bond acceptors (Lipinski definition) is 3. The van der Waals surface area contributed by atoms with Crippen LogP contribution in [-0.2, 0) is 9.59 Å². The quantitative estimate of drug-likeness (QED) is 0.826. The van der Waals surface area contributed by atoms with Gasteiger partial charge in [0.1, 0.15) is 0 Å². The van der Waals surface area contributed by atoms with Gasteiger partial charge in [0.25, 0.3) is 0 Å². The number of piperidine rings is 1. The molecule has 0 aromatic carbocycles. The normalized spacial score (nSPS) is 31.0. The number of amides is 2. The zero-order chi connectivity index (χ0) is 15.5. The number of carbonyl (C=O) groups is 2. The van der Waals surface area contributed by atoms with Crippen molar-refractivity contribution < 1.29 is 9.59 Å². The van der Waals surface area contributed by atoms with Crippen molar-refractivity contribution in [1.82, 2.24) is 10.2 Å². The smallest absolute Gasteiger partial charge is 0.242 e. The van der Waals surface area contributed by atoms with E-state index in [0.717, 1.165) is 32.1 Å². The molecule has 0 bridgehead atoms. The Hall–Kier alpha value is -1.10.